The molecule has 0 aromatic heterocycles. The van der Waals surface area contributed by atoms with Crippen LogP contribution in [0.4, 0.5) is 5.69 Å². The molecule has 5 heteroatoms. The van der Waals surface area contributed by atoms with Crippen LogP contribution in [0.5, 0.6) is 0 Å². The van der Waals surface area contributed by atoms with Crippen LogP contribution in [0.25, 0.3) is 0 Å². The van der Waals surface area contributed by atoms with Gasteiger partial charge in [0, 0.05) is 51.6 Å². The fraction of sp³-hybridized carbons (Fsp3) is 0.526. The number of hydrogen-bond donors (Lipinski definition) is 1. The van der Waals surface area contributed by atoms with Gasteiger partial charge in [-0.05, 0) is 18.6 Å². The number of carbonyl (C=O) groups is 1. The second-order valence-electron chi connectivity index (χ2n) is 5.96. The molecule has 1 amide bonds. The van der Waals surface area contributed by atoms with Crippen molar-refractivity contribution in [3.05, 3.63) is 42.5 Å². The van der Waals surface area contributed by atoms with Crippen LogP contribution in [0, 0.1) is 0 Å². The Kier molecular flexibility index (Phi) is 7.79. The van der Waals surface area contributed by atoms with Gasteiger partial charge in [0.2, 0.25) is 0 Å². The Bertz CT molecular complexity index is 525. The molecule has 0 saturated carbocycles. The third-order valence-electron chi connectivity index (χ3n) is 4.15. The largest absolute Gasteiger partial charge is 0.381 e. The number of carbonyl (C=O) groups excluding carboxylic acids is 1. The van der Waals surface area contributed by atoms with Crippen LogP contribution in [0.15, 0.2) is 36.9 Å². The molecular formula is C19H29N3O2. The summed E-state index contributed by atoms with van der Waals surface area (Å²) in [4.78, 5) is 17.1. The van der Waals surface area contributed by atoms with Crippen molar-refractivity contribution in [3.8, 4) is 0 Å². The van der Waals surface area contributed by atoms with E-state index in [-0.39, 0.29) is 5.91 Å². The molecule has 1 aliphatic heterocycles. The maximum atomic E-state index is 12.8. The first kappa shape index (κ1) is 18.5. The van der Waals surface area contributed by atoms with E-state index < -0.39 is 0 Å². The van der Waals surface area contributed by atoms with Crippen LogP contribution in [0.1, 0.15) is 23.7 Å². The zero-order valence-electron chi connectivity index (χ0n) is 14.7. The van der Waals surface area contributed by atoms with E-state index in [1.165, 1.54) is 0 Å². The second kappa shape index (κ2) is 10.1. The minimum atomic E-state index is 0.101. The van der Waals surface area contributed by atoms with E-state index in [0.717, 1.165) is 63.6 Å². The number of benzene rings is 1. The summed E-state index contributed by atoms with van der Waals surface area (Å²) in [7, 11) is 0. The smallest absolute Gasteiger partial charge is 0.256 e. The SMILES string of the molecule is C=CCNc1ccccc1C(=O)N1CCN(CCOCCC)CC1. The summed E-state index contributed by atoms with van der Waals surface area (Å²) < 4.78 is 5.54. The highest BCUT2D eigenvalue weighted by Gasteiger charge is 2.23. The predicted octanol–water partition coefficient (Wildman–Crippen LogP) is 2.47. The van der Waals surface area contributed by atoms with E-state index in [4.69, 9.17) is 4.74 Å². The molecule has 5 nitrogen and oxygen atoms in total. The molecule has 1 aromatic rings. The average Bonchev–Trinajstić information content (AvgIpc) is 2.64. The average molecular weight is 331 g/mol. The highest BCUT2D eigenvalue weighted by molar-refractivity contribution is 5.99. The number of hydrogen-bond acceptors (Lipinski definition) is 4. The van der Waals surface area contributed by atoms with E-state index >= 15 is 0 Å². The van der Waals surface area contributed by atoms with Crippen molar-refractivity contribution in [1.82, 2.24) is 9.80 Å². The summed E-state index contributed by atoms with van der Waals surface area (Å²) >= 11 is 0. The van der Waals surface area contributed by atoms with Gasteiger partial charge in [0.05, 0.1) is 12.2 Å². The molecule has 1 saturated heterocycles. The minimum absolute atomic E-state index is 0.101. The van der Waals surface area contributed by atoms with Crippen molar-refractivity contribution in [2.75, 3.05) is 57.8 Å². The molecular weight excluding hydrogens is 302 g/mol. The van der Waals surface area contributed by atoms with Gasteiger partial charge in [-0.2, -0.15) is 0 Å². The molecule has 1 aromatic carbocycles. The summed E-state index contributed by atoms with van der Waals surface area (Å²) in [6.07, 6.45) is 2.85. The summed E-state index contributed by atoms with van der Waals surface area (Å²) in [6, 6.07) is 7.68. The van der Waals surface area contributed by atoms with Gasteiger partial charge in [-0.15, -0.1) is 6.58 Å². The number of anilines is 1. The van der Waals surface area contributed by atoms with Gasteiger partial charge < -0.3 is 15.0 Å². The second-order valence-corrected chi connectivity index (χ2v) is 5.96. The van der Waals surface area contributed by atoms with Crippen molar-refractivity contribution in [1.29, 1.82) is 0 Å². The van der Waals surface area contributed by atoms with Crippen molar-refractivity contribution < 1.29 is 9.53 Å². The molecule has 24 heavy (non-hydrogen) atoms. The summed E-state index contributed by atoms with van der Waals surface area (Å²) in [5.74, 6) is 0.101. The first-order chi connectivity index (χ1) is 11.8. The van der Waals surface area contributed by atoms with Crippen molar-refractivity contribution in [3.63, 3.8) is 0 Å². The van der Waals surface area contributed by atoms with Gasteiger partial charge in [0.15, 0.2) is 0 Å². The van der Waals surface area contributed by atoms with E-state index in [0.29, 0.717) is 6.54 Å². The lowest BCUT2D eigenvalue weighted by Gasteiger charge is -2.35. The molecule has 2 rings (SSSR count). The quantitative estimate of drug-likeness (QED) is 0.558. The van der Waals surface area contributed by atoms with Gasteiger partial charge in [-0.25, -0.2) is 0 Å². The van der Waals surface area contributed by atoms with Gasteiger partial charge in [0.1, 0.15) is 0 Å². The van der Waals surface area contributed by atoms with Crippen LogP contribution < -0.4 is 5.32 Å². The lowest BCUT2D eigenvalue weighted by atomic mass is 10.1. The predicted molar refractivity (Wildman–Crippen MR) is 98.6 cm³/mol. The molecule has 1 heterocycles. The lowest BCUT2D eigenvalue weighted by Crippen LogP contribution is -2.49. The molecule has 0 radical (unpaired) electrons. The monoisotopic (exact) mass is 331 g/mol. The number of rotatable bonds is 9. The molecule has 0 atom stereocenters. The molecule has 0 bridgehead atoms. The number of ether oxygens (including phenoxy) is 1. The summed E-state index contributed by atoms with van der Waals surface area (Å²) in [5, 5.41) is 3.24. The number of nitrogens with zero attached hydrogens (tertiary/aromatic N) is 2. The third kappa shape index (κ3) is 5.35. The Morgan fingerprint density at radius 1 is 1.25 bits per heavy atom. The van der Waals surface area contributed by atoms with Crippen molar-refractivity contribution in [2.24, 2.45) is 0 Å². The molecule has 0 aliphatic carbocycles. The topological polar surface area (TPSA) is 44.8 Å². The molecule has 1 fully saturated rings. The Morgan fingerprint density at radius 2 is 2.00 bits per heavy atom. The highest BCUT2D eigenvalue weighted by atomic mass is 16.5. The summed E-state index contributed by atoms with van der Waals surface area (Å²) in [5.41, 5.74) is 1.61. The Morgan fingerprint density at radius 3 is 2.71 bits per heavy atom. The molecule has 0 unspecified atom stereocenters. The van der Waals surface area contributed by atoms with Crippen LogP contribution in [-0.2, 0) is 4.74 Å². The number of amides is 1. The van der Waals surface area contributed by atoms with Crippen LogP contribution in [-0.4, -0.2) is 68.2 Å². The van der Waals surface area contributed by atoms with E-state index in [9.17, 15) is 4.79 Å². The van der Waals surface area contributed by atoms with Crippen LogP contribution in [0.3, 0.4) is 0 Å². The zero-order chi connectivity index (χ0) is 17.2. The van der Waals surface area contributed by atoms with Crippen LogP contribution in [0.2, 0.25) is 0 Å². The summed E-state index contributed by atoms with van der Waals surface area (Å²) in [6.45, 7) is 12.4. The molecule has 0 spiro atoms. The van der Waals surface area contributed by atoms with E-state index in [1.807, 2.05) is 29.2 Å². The van der Waals surface area contributed by atoms with Crippen molar-refractivity contribution in [2.45, 2.75) is 13.3 Å². The first-order valence-electron chi connectivity index (χ1n) is 8.79. The minimum Gasteiger partial charge on any atom is -0.381 e. The fourth-order valence-corrected chi connectivity index (χ4v) is 2.79. The van der Waals surface area contributed by atoms with Gasteiger partial charge >= 0.3 is 0 Å². The fourth-order valence-electron chi connectivity index (χ4n) is 2.79. The van der Waals surface area contributed by atoms with Gasteiger partial charge in [-0.3, -0.25) is 9.69 Å². The Balaban J connectivity index is 1.85. The van der Waals surface area contributed by atoms with Gasteiger partial charge in [0.25, 0.3) is 5.91 Å². The van der Waals surface area contributed by atoms with Crippen molar-refractivity contribution >= 4 is 11.6 Å². The molecule has 1 N–H and O–H groups in total. The third-order valence-corrected chi connectivity index (χ3v) is 4.15. The highest BCUT2D eigenvalue weighted by Crippen LogP contribution is 2.18. The zero-order valence-corrected chi connectivity index (χ0v) is 14.7. The standard InChI is InChI=1S/C19H29N3O2/c1-3-9-20-18-8-6-5-7-17(18)19(23)22-12-10-21(11-13-22)14-16-24-15-4-2/h3,5-8,20H,1,4,9-16H2,2H3. The van der Waals surface area contributed by atoms with E-state index in [2.05, 4.69) is 23.7 Å². The Hall–Kier alpha value is -1.85. The molecule has 132 valence electrons. The first-order valence-corrected chi connectivity index (χ1v) is 8.79. The normalized spacial score (nSPS) is 15.3. The maximum Gasteiger partial charge on any atom is 0.256 e. The molecule has 1 aliphatic rings. The van der Waals surface area contributed by atoms with Crippen LogP contribution >= 0.6 is 0 Å². The Labute approximate surface area is 145 Å². The lowest BCUT2D eigenvalue weighted by molar-refractivity contribution is 0.0553. The van der Waals surface area contributed by atoms with Gasteiger partial charge in [-0.1, -0.05) is 25.1 Å². The van der Waals surface area contributed by atoms with E-state index in [1.54, 1.807) is 6.08 Å². The number of para-hydroxylation sites is 1. The number of piperazine rings is 1. The number of nitrogens with one attached hydrogen (secondary N) is 1. The maximum absolute atomic E-state index is 12.8.